The van der Waals surface area contributed by atoms with Gasteiger partial charge in [0.15, 0.2) is 6.10 Å². The lowest BCUT2D eigenvalue weighted by Gasteiger charge is -2.15. The van der Waals surface area contributed by atoms with Crippen molar-refractivity contribution < 1.29 is 32.2 Å². The fourth-order valence-corrected chi connectivity index (χ4v) is 2.21. The fraction of sp³-hybridized carbons (Fsp3) is 0.278. The molecule has 2 aromatic rings. The molecule has 0 fully saturated rings. The maximum absolute atomic E-state index is 13.1. The second-order valence-corrected chi connectivity index (χ2v) is 5.66. The van der Waals surface area contributed by atoms with Crippen molar-refractivity contribution in [3.05, 3.63) is 53.1 Å². The molecule has 140 valence electrons. The average molecular weight is 389 g/mol. The van der Waals surface area contributed by atoms with Crippen LogP contribution >= 0.6 is 11.6 Å². The first-order chi connectivity index (χ1) is 12.2. The molecule has 0 aliphatic heterocycles. The minimum atomic E-state index is -4.60. The summed E-state index contributed by atoms with van der Waals surface area (Å²) in [7, 11) is 0. The maximum atomic E-state index is 13.1. The first kappa shape index (κ1) is 19.9. The van der Waals surface area contributed by atoms with E-state index in [1.165, 1.54) is 37.3 Å². The van der Waals surface area contributed by atoms with Gasteiger partial charge in [-0.25, -0.2) is 4.79 Å². The van der Waals surface area contributed by atoms with E-state index in [1.807, 2.05) is 0 Å². The summed E-state index contributed by atoms with van der Waals surface area (Å²) in [6.45, 7) is 3.45. The molecule has 2 rings (SSSR count). The van der Waals surface area contributed by atoms with Gasteiger partial charge in [0.1, 0.15) is 17.2 Å². The first-order valence-corrected chi connectivity index (χ1v) is 8.06. The number of ether oxygens (including phenoxy) is 3. The van der Waals surface area contributed by atoms with Crippen molar-refractivity contribution in [2.45, 2.75) is 26.1 Å². The van der Waals surface area contributed by atoms with Gasteiger partial charge in [-0.1, -0.05) is 11.6 Å². The van der Waals surface area contributed by atoms with E-state index < -0.39 is 23.8 Å². The Hall–Kier alpha value is -2.41. The summed E-state index contributed by atoms with van der Waals surface area (Å²) in [5.74, 6) is -0.349. The molecule has 8 heteroatoms. The van der Waals surface area contributed by atoms with Crippen molar-refractivity contribution in [1.82, 2.24) is 0 Å². The summed E-state index contributed by atoms with van der Waals surface area (Å²) in [6, 6.07) is 9.09. The predicted molar refractivity (Wildman–Crippen MR) is 89.7 cm³/mol. The van der Waals surface area contributed by atoms with E-state index in [2.05, 4.69) is 0 Å². The van der Waals surface area contributed by atoms with Crippen LogP contribution in [0, 0.1) is 0 Å². The summed E-state index contributed by atoms with van der Waals surface area (Å²) in [5.41, 5.74) is -0.971. The van der Waals surface area contributed by atoms with E-state index in [-0.39, 0.29) is 23.1 Å². The third-order valence-electron chi connectivity index (χ3n) is 3.23. The highest BCUT2D eigenvalue weighted by Crippen LogP contribution is 2.39. The molecule has 0 unspecified atom stereocenters. The number of alkyl halides is 3. The van der Waals surface area contributed by atoms with Crippen LogP contribution in [0.5, 0.6) is 17.2 Å². The molecule has 0 aliphatic rings. The van der Waals surface area contributed by atoms with Gasteiger partial charge in [0, 0.05) is 5.02 Å². The number of carbonyl (C=O) groups is 1. The molecule has 0 saturated heterocycles. The van der Waals surface area contributed by atoms with Gasteiger partial charge in [0.25, 0.3) is 0 Å². The van der Waals surface area contributed by atoms with Crippen molar-refractivity contribution in [2.75, 3.05) is 6.61 Å². The Balaban J connectivity index is 2.12. The highest BCUT2D eigenvalue weighted by atomic mass is 35.5. The molecule has 0 bridgehead atoms. The van der Waals surface area contributed by atoms with Gasteiger partial charge in [-0.2, -0.15) is 13.2 Å². The highest BCUT2D eigenvalue weighted by molar-refractivity contribution is 6.30. The second kappa shape index (κ2) is 8.31. The van der Waals surface area contributed by atoms with Crippen molar-refractivity contribution in [1.29, 1.82) is 0 Å². The average Bonchev–Trinajstić information content (AvgIpc) is 2.57. The van der Waals surface area contributed by atoms with Crippen molar-refractivity contribution in [3.8, 4) is 17.2 Å². The first-order valence-electron chi connectivity index (χ1n) is 7.68. The zero-order valence-corrected chi connectivity index (χ0v) is 14.7. The summed E-state index contributed by atoms with van der Waals surface area (Å²) in [6.07, 6.45) is -5.41. The number of esters is 1. The smallest absolute Gasteiger partial charge is 0.420 e. The van der Waals surface area contributed by atoms with Crippen LogP contribution in [-0.2, 0) is 15.7 Å². The Morgan fingerprint density at radius 2 is 1.73 bits per heavy atom. The highest BCUT2D eigenvalue weighted by Gasteiger charge is 2.34. The van der Waals surface area contributed by atoms with Crippen LogP contribution in [-0.4, -0.2) is 18.7 Å². The Morgan fingerprint density at radius 1 is 1.12 bits per heavy atom. The van der Waals surface area contributed by atoms with E-state index in [9.17, 15) is 18.0 Å². The van der Waals surface area contributed by atoms with Crippen LogP contribution in [0.2, 0.25) is 5.02 Å². The number of hydrogen-bond acceptors (Lipinski definition) is 4. The van der Waals surface area contributed by atoms with Crippen molar-refractivity contribution in [2.24, 2.45) is 0 Å². The summed E-state index contributed by atoms with van der Waals surface area (Å²) in [4.78, 5) is 11.5. The summed E-state index contributed by atoms with van der Waals surface area (Å²) < 4.78 is 54.8. The Kier molecular flexibility index (Phi) is 6.37. The fourth-order valence-electron chi connectivity index (χ4n) is 2.04. The van der Waals surface area contributed by atoms with Gasteiger partial charge >= 0.3 is 12.1 Å². The molecule has 0 heterocycles. The summed E-state index contributed by atoms with van der Waals surface area (Å²) >= 11 is 5.63. The van der Waals surface area contributed by atoms with Gasteiger partial charge in [-0.05, 0) is 56.3 Å². The van der Waals surface area contributed by atoms with Crippen LogP contribution in [0.15, 0.2) is 42.5 Å². The Morgan fingerprint density at radius 3 is 2.31 bits per heavy atom. The molecule has 0 amide bonds. The molecule has 0 saturated carbocycles. The SMILES string of the molecule is CCOC(=O)[C@@H](C)Oc1ccc(Oc2ccc(Cl)cc2C(F)(F)F)cc1. The van der Waals surface area contributed by atoms with E-state index in [1.54, 1.807) is 6.92 Å². The van der Waals surface area contributed by atoms with E-state index in [0.717, 1.165) is 12.1 Å². The zero-order chi connectivity index (χ0) is 19.3. The number of benzene rings is 2. The molecular formula is C18H16ClF3O4. The molecule has 0 spiro atoms. The van der Waals surface area contributed by atoms with Crippen LogP contribution in [0.3, 0.4) is 0 Å². The third kappa shape index (κ3) is 5.29. The molecule has 0 aliphatic carbocycles. The summed E-state index contributed by atoms with van der Waals surface area (Å²) in [5, 5.41) is -0.0404. The van der Waals surface area contributed by atoms with Crippen LogP contribution in [0.25, 0.3) is 0 Å². The van der Waals surface area contributed by atoms with Gasteiger partial charge in [0.05, 0.1) is 12.2 Å². The molecule has 2 aromatic carbocycles. The van der Waals surface area contributed by atoms with Gasteiger partial charge in [0.2, 0.25) is 0 Å². The van der Waals surface area contributed by atoms with Crippen molar-refractivity contribution in [3.63, 3.8) is 0 Å². The topological polar surface area (TPSA) is 44.8 Å². The lowest BCUT2D eigenvalue weighted by atomic mass is 10.2. The standard InChI is InChI=1S/C18H16ClF3O4/c1-3-24-17(23)11(2)25-13-5-7-14(8-6-13)26-16-9-4-12(19)10-15(16)18(20,21)22/h4-11H,3H2,1-2H3/t11-/m1/s1. The minimum Gasteiger partial charge on any atom is -0.479 e. The number of halogens is 4. The zero-order valence-electron chi connectivity index (χ0n) is 14.0. The minimum absolute atomic E-state index is 0.0404. The van der Waals surface area contributed by atoms with E-state index in [4.69, 9.17) is 25.8 Å². The van der Waals surface area contributed by atoms with E-state index >= 15 is 0 Å². The predicted octanol–water partition coefficient (Wildman–Crippen LogP) is 5.48. The van der Waals surface area contributed by atoms with Crippen molar-refractivity contribution >= 4 is 17.6 Å². The lowest BCUT2D eigenvalue weighted by molar-refractivity contribution is -0.150. The number of rotatable bonds is 6. The van der Waals surface area contributed by atoms with Gasteiger partial charge < -0.3 is 14.2 Å². The van der Waals surface area contributed by atoms with Crippen LogP contribution < -0.4 is 9.47 Å². The maximum Gasteiger partial charge on any atom is 0.420 e. The molecular weight excluding hydrogens is 373 g/mol. The van der Waals surface area contributed by atoms with E-state index in [0.29, 0.717) is 5.75 Å². The molecule has 26 heavy (non-hydrogen) atoms. The number of hydrogen-bond donors (Lipinski definition) is 0. The largest absolute Gasteiger partial charge is 0.479 e. The lowest BCUT2D eigenvalue weighted by Crippen LogP contribution is -2.25. The van der Waals surface area contributed by atoms with Gasteiger partial charge in [-0.3, -0.25) is 0 Å². The molecule has 0 radical (unpaired) electrons. The van der Waals surface area contributed by atoms with Gasteiger partial charge in [-0.15, -0.1) is 0 Å². The molecule has 0 N–H and O–H groups in total. The number of carbonyl (C=O) groups excluding carboxylic acids is 1. The third-order valence-corrected chi connectivity index (χ3v) is 3.47. The Bertz CT molecular complexity index is 760. The Labute approximate surface area is 153 Å². The normalized spacial score (nSPS) is 12.4. The molecule has 4 nitrogen and oxygen atoms in total. The molecule has 0 aromatic heterocycles. The molecule has 1 atom stereocenters. The quantitative estimate of drug-likeness (QED) is 0.614. The second-order valence-electron chi connectivity index (χ2n) is 5.22. The monoisotopic (exact) mass is 388 g/mol. The van der Waals surface area contributed by atoms with Crippen LogP contribution in [0.4, 0.5) is 13.2 Å². The van der Waals surface area contributed by atoms with Crippen LogP contribution in [0.1, 0.15) is 19.4 Å².